The molecule has 3 N–H and O–H groups in total. The van der Waals surface area contributed by atoms with Crippen LogP contribution in [0.4, 0.5) is 20.2 Å². The maximum absolute atomic E-state index is 13.1. The average molecular weight is 466 g/mol. The number of rotatable bonds is 10. The Labute approximate surface area is 190 Å². The number of hydrogen-bond acceptors (Lipinski definition) is 6. The maximum atomic E-state index is 13.1. The van der Waals surface area contributed by atoms with Gasteiger partial charge in [0.05, 0.1) is 12.3 Å². The number of hydrogen-bond donors (Lipinski definition) is 2. The van der Waals surface area contributed by atoms with Crippen LogP contribution in [0.2, 0.25) is 0 Å². The van der Waals surface area contributed by atoms with Crippen molar-refractivity contribution in [2.75, 3.05) is 36.5 Å². The summed E-state index contributed by atoms with van der Waals surface area (Å²) in [6, 6.07) is 3.09. The second-order valence-corrected chi connectivity index (χ2v) is 8.68. The Bertz CT molecular complexity index is 907. The molecule has 0 aromatic heterocycles. The van der Waals surface area contributed by atoms with E-state index in [1.165, 1.54) is 23.1 Å². The minimum absolute atomic E-state index is 0.140. The van der Waals surface area contributed by atoms with Gasteiger partial charge in [-0.1, -0.05) is 6.42 Å². The second-order valence-electron chi connectivity index (χ2n) is 8.68. The lowest BCUT2D eigenvalue weighted by molar-refractivity contribution is -0.133. The summed E-state index contributed by atoms with van der Waals surface area (Å²) in [5.41, 5.74) is 5.91. The molecule has 2 saturated carbocycles. The van der Waals surface area contributed by atoms with Crippen molar-refractivity contribution in [1.82, 2.24) is 4.90 Å². The number of alkyl halides is 2. The molecule has 9 nitrogen and oxygen atoms in total. The quantitative estimate of drug-likeness (QED) is 0.508. The van der Waals surface area contributed by atoms with Crippen LogP contribution >= 0.6 is 0 Å². The predicted molar refractivity (Wildman–Crippen MR) is 115 cm³/mol. The van der Waals surface area contributed by atoms with E-state index in [1.54, 1.807) is 0 Å². The highest BCUT2D eigenvalue weighted by Crippen LogP contribution is 2.36. The smallest absolute Gasteiger partial charge is 0.387 e. The number of morpholine rings is 1. The number of amides is 3. The van der Waals surface area contributed by atoms with E-state index in [-0.39, 0.29) is 48.8 Å². The average Bonchev–Trinajstić information content (AvgIpc) is 3.55. The summed E-state index contributed by atoms with van der Waals surface area (Å²) >= 11 is 0. The molecule has 1 saturated heterocycles. The highest BCUT2D eigenvalue weighted by Gasteiger charge is 2.42. The van der Waals surface area contributed by atoms with Gasteiger partial charge in [-0.25, -0.2) is 0 Å². The number of carbonyl (C=O) groups is 3. The Kier molecular flexibility index (Phi) is 7.08. The summed E-state index contributed by atoms with van der Waals surface area (Å²) in [6.07, 6.45) is 5.07. The second kappa shape index (κ2) is 10.0. The topological polar surface area (TPSA) is 114 Å². The van der Waals surface area contributed by atoms with Crippen LogP contribution in [-0.2, 0) is 19.1 Å². The Morgan fingerprint density at radius 1 is 1.27 bits per heavy atom. The Morgan fingerprint density at radius 3 is 2.61 bits per heavy atom. The maximum Gasteiger partial charge on any atom is 0.387 e. The van der Waals surface area contributed by atoms with Crippen molar-refractivity contribution in [3.8, 4) is 5.75 Å². The molecule has 1 aromatic rings. The lowest BCUT2D eigenvalue weighted by Gasteiger charge is -2.35. The molecule has 0 unspecified atom stereocenters. The number of nitrogens with zero attached hydrogens (tertiary/aromatic N) is 2. The highest BCUT2D eigenvalue weighted by molar-refractivity contribution is 6.10. The fourth-order valence-electron chi connectivity index (χ4n) is 4.28. The first kappa shape index (κ1) is 23.4. The molecule has 11 heteroatoms. The van der Waals surface area contributed by atoms with Gasteiger partial charge in [-0.15, -0.1) is 0 Å². The van der Waals surface area contributed by atoms with Gasteiger partial charge in [-0.3, -0.25) is 19.3 Å². The monoisotopic (exact) mass is 466 g/mol. The first-order chi connectivity index (χ1) is 15.8. The lowest BCUT2D eigenvalue weighted by Crippen LogP contribution is -2.54. The minimum atomic E-state index is -3.13. The van der Waals surface area contributed by atoms with Crippen LogP contribution < -0.4 is 20.7 Å². The van der Waals surface area contributed by atoms with Gasteiger partial charge in [0.2, 0.25) is 5.91 Å². The minimum Gasteiger partial charge on any atom is -0.433 e. The number of primary amides is 1. The number of halogens is 2. The normalized spacial score (nSPS) is 20.0. The van der Waals surface area contributed by atoms with Crippen LogP contribution in [0.1, 0.15) is 32.1 Å². The molecule has 2 aliphatic carbocycles. The molecular formula is C22H28F2N4O5. The first-order valence-corrected chi connectivity index (χ1v) is 11.2. The zero-order valence-corrected chi connectivity index (χ0v) is 18.2. The van der Waals surface area contributed by atoms with Crippen LogP contribution in [-0.4, -0.2) is 67.6 Å². The molecule has 180 valence electrons. The number of nitrogens with two attached hydrogens (primary N) is 1. The van der Waals surface area contributed by atoms with Crippen molar-refractivity contribution in [3.05, 3.63) is 18.2 Å². The molecule has 3 amide bonds. The molecule has 4 rings (SSSR count). The van der Waals surface area contributed by atoms with Crippen LogP contribution in [0, 0.1) is 5.92 Å². The Balaban J connectivity index is 1.54. The van der Waals surface area contributed by atoms with Gasteiger partial charge in [0, 0.05) is 30.9 Å². The number of carbonyl (C=O) groups excluding carboxylic acids is 3. The number of benzene rings is 1. The van der Waals surface area contributed by atoms with Crippen LogP contribution in [0.25, 0.3) is 0 Å². The third kappa shape index (κ3) is 5.59. The van der Waals surface area contributed by atoms with Crippen LogP contribution in [0.15, 0.2) is 18.2 Å². The summed E-state index contributed by atoms with van der Waals surface area (Å²) in [7, 11) is 0. The van der Waals surface area contributed by atoms with Gasteiger partial charge in [0.1, 0.15) is 6.61 Å². The van der Waals surface area contributed by atoms with Crippen LogP contribution in [0.3, 0.4) is 0 Å². The molecule has 33 heavy (non-hydrogen) atoms. The van der Waals surface area contributed by atoms with Crippen molar-refractivity contribution in [3.63, 3.8) is 0 Å². The molecule has 0 spiro atoms. The van der Waals surface area contributed by atoms with E-state index in [0.29, 0.717) is 12.5 Å². The van der Waals surface area contributed by atoms with Crippen LogP contribution in [0.5, 0.6) is 5.75 Å². The van der Waals surface area contributed by atoms with E-state index < -0.39 is 24.5 Å². The molecule has 3 aliphatic rings. The van der Waals surface area contributed by atoms with Gasteiger partial charge < -0.3 is 25.4 Å². The SMILES string of the molecule is NC(=O)[C@H](C(=O)Nc1ccc(N2CCOCC2=O)c(OC(F)F)c1)N(CC1CCC1)C1CC1. The van der Waals surface area contributed by atoms with Gasteiger partial charge in [-0.2, -0.15) is 8.78 Å². The third-order valence-corrected chi connectivity index (χ3v) is 6.28. The summed E-state index contributed by atoms with van der Waals surface area (Å²) in [5, 5.41) is 2.62. The van der Waals surface area contributed by atoms with Gasteiger partial charge in [0.25, 0.3) is 11.8 Å². The molecule has 1 heterocycles. The molecule has 1 atom stereocenters. The summed E-state index contributed by atoms with van der Waals surface area (Å²) in [4.78, 5) is 40.6. The Morgan fingerprint density at radius 2 is 2.03 bits per heavy atom. The van der Waals surface area contributed by atoms with Crippen molar-refractivity contribution in [1.29, 1.82) is 0 Å². The lowest BCUT2D eigenvalue weighted by atomic mass is 9.84. The number of nitrogens with one attached hydrogen (secondary N) is 1. The largest absolute Gasteiger partial charge is 0.433 e. The highest BCUT2D eigenvalue weighted by atomic mass is 19.3. The third-order valence-electron chi connectivity index (χ3n) is 6.28. The van der Waals surface area contributed by atoms with Gasteiger partial charge >= 0.3 is 6.61 Å². The molecular weight excluding hydrogens is 438 g/mol. The van der Waals surface area contributed by atoms with Crippen molar-refractivity contribution < 1.29 is 32.6 Å². The van der Waals surface area contributed by atoms with Gasteiger partial charge in [-0.05, 0) is 43.7 Å². The molecule has 3 fully saturated rings. The summed E-state index contributed by atoms with van der Waals surface area (Å²) in [5.74, 6) is -1.58. The molecule has 1 aromatic carbocycles. The Hall–Kier alpha value is -2.79. The number of ether oxygens (including phenoxy) is 2. The van der Waals surface area contributed by atoms with E-state index >= 15 is 0 Å². The van der Waals surface area contributed by atoms with Crippen molar-refractivity contribution in [2.45, 2.75) is 50.8 Å². The molecule has 0 bridgehead atoms. The van der Waals surface area contributed by atoms with Crippen molar-refractivity contribution in [2.24, 2.45) is 11.7 Å². The van der Waals surface area contributed by atoms with E-state index in [4.69, 9.17) is 10.5 Å². The van der Waals surface area contributed by atoms with E-state index in [0.717, 1.165) is 32.1 Å². The predicted octanol–water partition coefficient (Wildman–Crippen LogP) is 1.71. The van der Waals surface area contributed by atoms with E-state index in [2.05, 4.69) is 10.1 Å². The number of anilines is 2. The molecule has 0 radical (unpaired) electrons. The fraction of sp³-hybridized carbons (Fsp3) is 0.591. The van der Waals surface area contributed by atoms with E-state index in [1.807, 2.05) is 4.90 Å². The zero-order chi connectivity index (χ0) is 23.5. The zero-order valence-electron chi connectivity index (χ0n) is 18.2. The molecule has 1 aliphatic heterocycles. The standard InChI is InChI=1S/C22H28F2N4O5/c23-22(24)33-17-10-14(4-7-16(17)27-8-9-32-12-18(27)29)26-21(31)19(20(25)30)28(15-5-6-15)11-13-2-1-3-13/h4,7,10,13,15,19,22H,1-3,5-6,8-9,11-12H2,(H2,25,30)(H,26,31)/t19-/m1/s1. The van der Waals surface area contributed by atoms with E-state index in [9.17, 15) is 23.2 Å². The fourth-order valence-corrected chi connectivity index (χ4v) is 4.28. The summed E-state index contributed by atoms with van der Waals surface area (Å²) in [6.45, 7) is -2.21. The van der Waals surface area contributed by atoms with Crippen molar-refractivity contribution >= 4 is 29.1 Å². The summed E-state index contributed by atoms with van der Waals surface area (Å²) < 4.78 is 35.8. The van der Waals surface area contributed by atoms with Gasteiger partial charge in [0.15, 0.2) is 11.8 Å². The first-order valence-electron chi connectivity index (χ1n) is 11.2.